The summed E-state index contributed by atoms with van der Waals surface area (Å²) in [7, 11) is 0. The van der Waals surface area contributed by atoms with E-state index in [0.717, 1.165) is 18.9 Å². The van der Waals surface area contributed by atoms with Crippen LogP contribution >= 0.6 is 11.6 Å². The van der Waals surface area contributed by atoms with Gasteiger partial charge in [-0.15, -0.1) is 10.2 Å². The third-order valence-electron chi connectivity index (χ3n) is 3.01. The molecule has 1 saturated heterocycles. The number of hydrogen-bond acceptors (Lipinski definition) is 4. The number of fused-ring (bicyclic) bond motifs is 1. The SMILES string of the molecule is CC1OCCC1c1nnc2cncc(Cl)n12. The Labute approximate surface area is 97.4 Å². The van der Waals surface area contributed by atoms with Gasteiger partial charge in [0, 0.05) is 12.5 Å². The van der Waals surface area contributed by atoms with Crippen molar-refractivity contribution in [3.05, 3.63) is 23.4 Å². The van der Waals surface area contributed by atoms with Crippen LogP contribution in [-0.4, -0.2) is 32.3 Å². The average Bonchev–Trinajstić information content (AvgIpc) is 2.84. The van der Waals surface area contributed by atoms with Crippen LogP contribution in [0.2, 0.25) is 5.15 Å². The first-order valence-corrected chi connectivity index (χ1v) is 5.61. The molecule has 1 aliphatic heterocycles. The van der Waals surface area contributed by atoms with Gasteiger partial charge in [0.2, 0.25) is 0 Å². The van der Waals surface area contributed by atoms with Crippen molar-refractivity contribution in [1.82, 2.24) is 19.6 Å². The molecule has 0 radical (unpaired) electrons. The van der Waals surface area contributed by atoms with E-state index in [2.05, 4.69) is 15.2 Å². The summed E-state index contributed by atoms with van der Waals surface area (Å²) in [5.41, 5.74) is 0.682. The van der Waals surface area contributed by atoms with Crippen molar-refractivity contribution in [2.75, 3.05) is 6.61 Å². The van der Waals surface area contributed by atoms with Crippen LogP contribution < -0.4 is 0 Å². The fourth-order valence-electron chi connectivity index (χ4n) is 2.15. The Kier molecular flexibility index (Phi) is 2.29. The fourth-order valence-corrected chi connectivity index (χ4v) is 2.38. The molecule has 3 rings (SSSR count). The fraction of sp³-hybridized carbons (Fsp3) is 0.500. The maximum atomic E-state index is 6.11. The standard InChI is InChI=1S/C10H11ClN4O/c1-6-7(2-3-16-6)10-14-13-9-5-12-4-8(11)15(9)10/h4-7H,2-3H2,1H3. The van der Waals surface area contributed by atoms with Crippen LogP contribution in [-0.2, 0) is 4.74 Å². The summed E-state index contributed by atoms with van der Waals surface area (Å²) < 4.78 is 7.38. The summed E-state index contributed by atoms with van der Waals surface area (Å²) in [5, 5.41) is 8.80. The molecule has 2 aromatic heterocycles. The van der Waals surface area contributed by atoms with Gasteiger partial charge in [0.05, 0.1) is 18.5 Å². The Bertz CT molecular complexity index is 527. The van der Waals surface area contributed by atoms with E-state index in [1.807, 2.05) is 11.3 Å². The Balaban J connectivity index is 2.16. The van der Waals surface area contributed by atoms with E-state index in [1.54, 1.807) is 12.4 Å². The van der Waals surface area contributed by atoms with Gasteiger partial charge in [0.25, 0.3) is 0 Å². The van der Waals surface area contributed by atoms with Crippen LogP contribution in [0.15, 0.2) is 12.4 Å². The molecule has 84 valence electrons. The van der Waals surface area contributed by atoms with Crippen LogP contribution in [0.4, 0.5) is 0 Å². The molecule has 2 atom stereocenters. The molecule has 1 fully saturated rings. The molecule has 0 aromatic carbocycles. The normalized spacial score (nSPS) is 25.4. The maximum absolute atomic E-state index is 6.11. The molecule has 0 amide bonds. The molecule has 0 saturated carbocycles. The summed E-state index contributed by atoms with van der Waals surface area (Å²) in [6.07, 6.45) is 4.38. The first-order chi connectivity index (χ1) is 7.77. The minimum absolute atomic E-state index is 0.164. The summed E-state index contributed by atoms with van der Waals surface area (Å²) in [6, 6.07) is 0. The van der Waals surface area contributed by atoms with Gasteiger partial charge in [0.1, 0.15) is 11.0 Å². The van der Waals surface area contributed by atoms with Crippen LogP contribution in [0.25, 0.3) is 5.65 Å². The van der Waals surface area contributed by atoms with Gasteiger partial charge in [-0.2, -0.15) is 0 Å². The number of ether oxygens (including phenoxy) is 1. The smallest absolute Gasteiger partial charge is 0.180 e. The van der Waals surface area contributed by atoms with Crippen LogP contribution in [0.1, 0.15) is 25.1 Å². The van der Waals surface area contributed by atoms with Gasteiger partial charge < -0.3 is 4.74 Å². The van der Waals surface area contributed by atoms with Crippen molar-refractivity contribution >= 4 is 17.2 Å². The van der Waals surface area contributed by atoms with E-state index < -0.39 is 0 Å². The van der Waals surface area contributed by atoms with Crippen molar-refractivity contribution in [3.8, 4) is 0 Å². The topological polar surface area (TPSA) is 52.3 Å². The molecule has 2 aromatic rings. The van der Waals surface area contributed by atoms with E-state index in [0.29, 0.717) is 10.8 Å². The molecule has 0 N–H and O–H groups in total. The van der Waals surface area contributed by atoms with Gasteiger partial charge in [-0.25, -0.2) is 0 Å². The molecule has 0 bridgehead atoms. The second-order valence-corrected chi connectivity index (χ2v) is 4.34. The highest BCUT2D eigenvalue weighted by Gasteiger charge is 2.30. The molecule has 0 spiro atoms. The Morgan fingerprint density at radius 3 is 3.06 bits per heavy atom. The predicted molar refractivity (Wildman–Crippen MR) is 58.6 cm³/mol. The molecule has 3 heterocycles. The van der Waals surface area contributed by atoms with E-state index >= 15 is 0 Å². The number of rotatable bonds is 1. The second-order valence-electron chi connectivity index (χ2n) is 3.95. The third kappa shape index (κ3) is 1.39. The summed E-state index contributed by atoms with van der Waals surface area (Å²) in [5.74, 6) is 1.13. The summed E-state index contributed by atoms with van der Waals surface area (Å²) in [6.45, 7) is 2.82. The van der Waals surface area contributed by atoms with E-state index in [1.165, 1.54) is 0 Å². The highest BCUT2D eigenvalue weighted by atomic mass is 35.5. The lowest BCUT2D eigenvalue weighted by Crippen LogP contribution is -2.13. The predicted octanol–water partition coefficient (Wildman–Crippen LogP) is 1.67. The molecular weight excluding hydrogens is 228 g/mol. The zero-order chi connectivity index (χ0) is 11.1. The van der Waals surface area contributed by atoms with Crippen molar-refractivity contribution in [2.24, 2.45) is 0 Å². The quantitative estimate of drug-likeness (QED) is 0.758. The van der Waals surface area contributed by atoms with Crippen molar-refractivity contribution < 1.29 is 4.74 Å². The summed E-state index contributed by atoms with van der Waals surface area (Å²) >= 11 is 6.11. The maximum Gasteiger partial charge on any atom is 0.180 e. The number of nitrogens with zero attached hydrogens (tertiary/aromatic N) is 4. The first-order valence-electron chi connectivity index (χ1n) is 5.23. The van der Waals surface area contributed by atoms with Crippen LogP contribution in [0, 0.1) is 0 Å². The first kappa shape index (κ1) is 9.99. The number of aromatic nitrogens is 4. The van der Waals surface area contributed by atoms with Gasteiger partial charge >= 0.3 is 0 Å². The Morgan fingerprint density at radius 1 is 1.44 bits per heavy atom. The van der Waals surface area contributed by atoms with E-state index in [-0.39, 0.29) is 12.0 Å². The lowest BCUT2D eigenvalue weighted by Gasteiger charge is -2.12. The zero-order valence-corrected chi connectivity index (χ0v) is 9.55. The monoisotopic (exact) mass is 238 g/mol. The van der Waals surface area contributed by atoms with E-state index in [9.17, 15) is 0 Å². The summed E-state index contributed by atoms with van der Waals surface area (Å²) in [4.78, 5) is 3.98. The van der Waals surface area contributed by atoms with Gasteiger partial charge in [0.15, 0.2) is 5.65 Å². The van der Waals surface area contributed by atoms with Crippen molar-refractivity contribution in [2.45, 2.75) is 25.4 Å². The van der Waals surface area contributed by atoms with Crippen LogP contribution in [0.5, 0.6) is 0 Å². The van der Waals surface area contributed by atoms with Crippen LogP contribution in [0.3, 0.4) is 0 Å². The number of halogens is 1. The lowest BCUT2D eigenvalue weighted by atomic mass is 10.0. The van der Waals surface area contributed by atoms with Gasteiger partial charge in [-0.05, 0) is 13.3 Å². The van der Waals surface area contributed by atoms with Gasteiger partial charge in [-0.3, -0.25) is 9.38 Å². The largest absolute Gasteiger partial charge is 0.378 e. The number of hydrogen-bond donors (Lipinski definition) is 0. The highest BCUT2D eigenvalue weighted by Crippen LogP contribution is 2.30. The Morgan fingerprint density at radius 2 is 2.31 bits per heavy atom. The lowest BCUT2D eigenvalue weighted by molar-refractivity contribution is 0.117. The molecule has 0 aliphatic carbocycles. The molecular formula is C10H11ClN4O. The van der Waals surface area contributed by atoms with E-state index in [4.69, 9.17) is 16.3 Å². The Hall–Kier alpha value is -1.20. The van der Waals surface area contributed by atoms with Crippen molar-refractivity contribution in [3.63, 3.8) is 0 Å². The molecule has 16 heavy (non-hydrogen) atoms. The third-order valence-corrected chi connectivity index (χ3v) is 3.27. The minimum atomic E-state index is 0.164. The minimum Gasteiger partial charge on any atom is -0.378 e. The van der Waals surface area contributed by atoms with Gasteiger partial charge in [-0.1, -0.05) is 11.6 Å². The average molecular weight is 239 g/mol. The van der Waals surface area contributed by atoms with Crippen molar-refractivity contribution in [1.29, 1.82) is 0 Å². The molecule has 1 aliphatic rings. The molecule has 6 heteroatoms. The molecule has 2 unspecified atom stereocenters. The molecule has 5 nitrogen and oxygen atoms in total. The zero-order valence-electron chi connectivity index (χ0n) is 8.80. The highest BCUT2D eigenvalue weighted by molar-refractivity contribution is 6.29. The second kappa shape index (κ2) is 3.68.